The van der Waals surface area contributed by atoms with Crippen molar-refractivity contribution in [1.82, 2.24) is 19.5 Å². The summed E-state index contributed by atoms with van der Waals surface area (Å²) >= 11 is 1.95. The Morgan fingerprint density at radius 1 is 1.05 bits per heavy atom. The van der Waals surface area contributed by atoms with Crippen LogP contribution in [0.3, 0.4) is 0 Å². The normalized spacial score (nSPS) is 22.6. The molecule has 3 heterocycles. The molecule has 4 unspecified atom stereocenters. The van der Waals surface area contributed by atoms with Crippen molar-refractivity contribution in [3.05, 3.63) is 10.2 Å². The standard InChI is InChI=1S/C22H33IN5O9P/c1-11(29)33-15-13(9-32-38(31,36-21(3,4)5)37-22(6,7)8)35-19(16(15)34-12(2)30)28-18-14(27-20(28)23)17(24)25-10-26-18/h10,13,15-16,19H,9H2,1-8H3,(H2,24,25,26). The summed E-state index contributed by atoms with van der Waals surface area (Å²) in [5, 5.41) is 0. The lowest BCUT2D eigenvalue weighted by Crippen LogP contribution is -2.40. The fraction of sp³-hybridized carbons (Fsp3) is 0.682. The molecule has 0 bridgehead atoms. The number of ether oxygens (including phenoxy) is 3. The van der Waals surface area contributed by atoms with Gasteiger partial charge in [0, 0.05) is 36.4 Å². The molecule has 0 aliphatic carbocycles. The summed E-state index contributed by atoms with van der Waals surface area (Å²) in [6.45, 7) is 12.2. The van der Waals surface area contributed by atoms with Gasteiger partial charge in [0.2, 0.25) is 0 Å². The summed E-state index contributed by atoms with van der Waals surface area (Å²) < 4.78 is 49.9. The highest BCUT2D eigenvalue weighted by atomic mass is 127. The van der Waals surface area contributed by atoms with Gasteiger partial charge in [-0.2, -0.15) is 0 Å². The molecular weight excluding hydrogens is 636 g/mol. The Morgan fingerprint density at radius 3 is 2.13 bits per heavy atom. The van der Waals surface area contributed by atoms with Crippen LogP contribution in [0.15, 0.2) is 6.33 Å². The van der Waals surface area contributed by atoms with Crippen LogP contribution >= 0.6 is 30.4 Å². The maximum absolute atomic E-state index is 13.6. The number of hydrogen-bond donors (Lipinski definition) is 1. The van der Waals surface area contributed by atoms with Crippen LogP contribution < -0.4 is 5.73 Å². The Kier molecular flexibility index (Phi) is 9.10. The molecule has 14 nitrogen and oxygen atoms in total. The first-order valence-corrected chi connectivity index (χ1v) is 14.2. The summed E-state index contributed by atoms with van der Waals surface area (Å²) in [5.74, 6) is -1.16. The van der Waals surface area contributed by atoms with Crippen LogP contribution in [0.1, 0.15) is 61.6 Å². The quantitative estimate of drug-likeness (QED) is 0.187. The van der Waals surface area contributed by atoms with Gasteiger partial charge in [-0.25, -0.2) is 19.5 Å². The smallest absolute Gasteiger partial charge is 0.456 e. The third kappa shape index (κ3) is 7.60. The van der Waals surface area contributed by atoms with Gasteiger partial charge in [0.1, 0.15) is 12.4 Å². The molecule has 0 saturated carbocycles. The molecule has 1 aliphatic rings. The zero-order valence-corrected chi connectivity index (χ0v) is 25.5. The van der Waals surface area contributed by atoms with E-state index in [2.05, 4.69) is 15.0 Å². The maximum atomic E-state index is 13.6. The number of phosphoric ester groups is 1. The number of imidazole rings is 1. The second-order valence-corrected chi connectivity index (χ2v) is 13.0. The number of rotatable bonds is 8. The Labute approximate surface area is 234 Å². The monoisotopic (exact) mass is 669 g/mol. The van der Waals surface area contributed by atoms with Crippen LogP contribution in [0, 0.1) is 3.83 Å². The number of phosphoric acid groups is 1. The first-order chi connectivity index (χ1) is 17.4. The number of anilines is 1. The minimum atomic E-state index is -4.14. The van der Waals surface area contributed by atoms with Gasteiger partial charge in [-0.15, -0.1) is 0 Å². The molecule has 0 spiro atoms. The molecule has 1 saturated heterocycles. The van der Waals surface area contributed by atoms with E-state index in [1.165, 1.54) is 20.2 Å². The van der Waals surface area contributed by atoms with Crippen LogP contribution in [-0.4, -0.2) is 67.6 Å². The largest absolute Gasteiger partial charge is 0.475 e. The number of halogens is 1. The lowest BCUT2D eigenvalue weighted by atomic mass is 10.1. The number of carbonyl (C=O) groups is 2. The second-order valence-electron chi connectivity index (χ2n) is 10.5. The van der Waals surface area contributed by atoms with E-state index < -0.39 is 62.1 Å². The number of esters is 2. The lowest BCUT2D eigenvalue weighted by Gasteiger charge is -2.31. The molecule has 1 fully saturated rings. The summed E-state index contributed by atoms with van der Waals surface area (Å²) in [4.78, 5) is 36.7. The SMILES string of the molecule is CC(=O)OC1C(COP(=O)(OC(C)(C)C)OC(C)(C)C)OC(n2c(I)nc3c(N)ncnc32)C1OC(C)=O. The summed E-state index contributed by atoms with van der Waals surface area (Å²) in [7, 11) is -4.14. The van der Waals surface area contributed by atoms with E-state index in [0.717, 1.165) is 0 Å². The second kappa shape index (κ2) is 11.3. The molecule has 212 valence electrons. The lowest BCUT2D eigenvalue weighted by molar-refractivity contribution is -0.165. The van der Waals surface area contributed by atoms with Gasteiger partial charge in [0.15, 0.2) is 39.2 Å². The molecule has 16 heteroatoms. The van der Waals surface area contributed by atoms with E-state index in [9.17, 15) is 14.2 Å². The summed E-state index contributed by atoms with van der Waals surface area (Å²) in [6, 6.07) is 0. The number of nitrogens with zero attached hydrogens (tertiary/aromatic N) is 4. The van der Waals surface area contributed by atoms with Crippen LogP contribution in [0.25, 0.3) is 11.2 Å². The van der Waals surface area contributed by atoms with Gasteiger partial charge in [0.25, 0.3) is 0 Å². The van der Waals surface area contributed by atoms with Crippen LogP contribution in [0.2, 0.25) is 0 Å². The number of aromatic nitrogens is 4. The topological polar surface area (TPSA) is 176 Å². The van der Waals surface area contributed by atoms with Gasteiger partial charge in [0.05, 0.1) is 17.8 Å². The highest BCUT2D eigenvalue weighted by Gasteiger charge is 2.52. The van der Waals surface area contributed by atoms with E-state index in [1.54, 1.807) is 46.1 Å². The molecule has 2 N–H and O–H groups in total. The van der Waals surface area contributed by atoms with E-state index >= 15 is 0 Å². The van der Waals surface area contributed by atoms with Crippen molar-refractivity contribution in [2.45, 2.75) is 91.1 Å². The van der Waals surface area contributed by atoms with Gasteiger partial charge >= 0.3 is 19.8 Å². The first kappa shape index (κ1) is 30.6. The molecule has 0 aromatic carbocycles. The molecule has 1 aliphatic heterocycles. The van der Waals surface area contributed by atoms with Crippen molar-refractivity contribution in [2.75, 3.05) is 12.3 Å². The van der Waals surface area contributed by atoms with Crippen LogP contribution in [0.4, 0.5) is 5.82 Å². The molecule has 3 rings (SSSR count). The Balaban J connectivity index is 2.02. The average Bonchev–Trinajstić information content (AvgIpc) is 3.21. The number of fused-ring (bicyclic) bond motifs is 1. The van der Waals surface area contributed by atoms with Crippen molar-refractivity contribution in [2.24, 2.45) is 0 Å². The van der Waals surface area contributed by atoms with Gasteiger partial charge in [-0.1, -0.05) is 0 Å². The van der Waals surface area contributed by atoms with Gasteiger partial charge in [-0.3, -0.25) is 27.7 Å². The molecule has 4 atom stereocenters. The van der Waals surface area contributed by atoms with E-state index in [0.29, 0.717) is 15.0 Å². The van der Waals surface area contributed by atoms with Crippen molar-refractivity contribution in [3.63, 3.8) is 0 Å². The molecule has 2 aromatic heterocycles. The molecule has 2 aromatic rings. The number of nitrogen functional groups attached to an aromatic ring is 1. The number of carbonyl (C=O) groups excluding carboxylic acids is 2. The van der Waals surface area contributed by atoms with Crippen LogP contribution in [0.5, 0.6) is 0 Å². The fourth-order valence-corrected chi connectivity index (χ4v) is 6.29. The van der Waals surface area contributed by atoms with Crippen molar-refractivity contribution in [3.8, 4) is 0 Å². The van der Waals surface area contributed by atoms with Crippen LogP contribution in [-0.2, 0) is 41.9 Å². The molecule has 38 heavy (non-hydrogen) atoms. The van der Waals surface area contributed by atoms with E-state index in [-0.39, 0.29) is 5.82 Å². The zero-order chi connectivity index (χ0) is 28.6. The van der Waals surface area contributed by atoms with Gasteiger partial charge in [-0.05, 0) is 41.5 Å². The highest BCUT2D eigenvalue weighted by molar-refractivity contribution is 14.1. The highest BCUT2D eigenvalue weighted by Crippen LogP contribution is 2.56. The average molecular weight is 669 g/mol. The van der Waals surface area contributed by atoms with Crippen molar-refractivity contribution >= 4 is 59.3 Å². The third-order valence-electron chi connectivity index (χ3n) is 4.77. The Bertz CT molecular complexity index is 1220. The Hall–Kier alpha value is -1.91. The minimum absolute atomic E-state index is 0.143. The summed E-state index contributed by atoms with van der Waals surface area (Å²) in [5.41, 5.74) is 4.84. The fourth-order valence-electron chi connectivity index (χ4n) is 3.73. The van der Waals surface area contributed by atoms with E-state index in [1.807, 2.05) is 22.6 Å². The Morgan fingerprint density at radius 2 is 1.61 bits per heavy atom. The number of nitrogens with two attached hydrogens (primary N) is 1. The third-order valence-corrected chi connectivity index (χ3v) is 7.54. The molecule has 0 radical (unpaired) electrons. The maximum Gasteiger partial charge on any atom is 0.475 e. The molecular formula is C22H33IN5O9P. The van der Waals surface area contributed by atoms with Crippen molar-refractivity contribution in [1.29, 1.82) is 0 Å². The van der Waals surface area contributed by atoms with Gasteiger partial charge < -0.3 is 19.9 Å². The minimum Gasteiger partial charge on any atom is -0.456 e. The predicted octanol–water partition coefficient (Wildman–Crippen LogP) is 3.53. The predicted molar refractivity (Wildman–Crippen MR) is 143 cm³/mol. The first-order valence-electron chi connectivity index (χ1n) is 11.7. The zero-order valence-electron chi connectivity index (χ0n) is 22.5. The van der Waals surface area contributed by atoms with Crippen molar-refractivity contribution < 1.29 is 41.9 Å². The summed E-state index contributed by atoms with van der Waals surface area (Å²) in [6.07, 6.45) is -3.14. The molecule has 0 amide bonds. The van der Waals surface area contributed by atoms with E-state index in [4.69, 9.17) is 33.5 Å². The number of hydrogen-bond acceptors (Lipinski definition) is 13.